The van der Waals surface area contributed by atoms with Gasteiger partial charge in [-0.3, -0.25) is 0 Å². The van der Waals surface area contributed by atoms with Crippen molar-refractivity contribution >= 4 is 5.97 Å². The lowest BCUT2D eigenvalue weighted by molar-refractivity contribution is -0.327. The second-order valence-corrected chi connectivity index (χ2v) is 6.87. The van der Waals surface area contributed by atoms with Crippen LogP contribution in [0.5, 0.6) is 5.75 Å². The molecule has 0 aromatic heterocycles. The summed E-state index contributed by atoms with van der Waals surface area (Å²) >= 11 is 0. The number of methoxy groups -OCH3 is 3. The summed E-state index contributed by atoms with van der Waals surface area (Å²) in [6, 6.07) is 7.75. The van der Waals surface area contributed by atoms with Crippen molar-refractivity contribution in [1.82, 2.24) is 0 Å². The molecule has 0 amide bonds. The zero-order valence-electron chi connectivity index (χ0n) is 17.2. The maximum atomic E-state index is 11.4. The van der Waals surface area contributed by atoms with Gasteiger partial charge in [-0.15, -0.1) is 0 Å². The maximum absolute atomic E-state index is 11.4. The highest BCUT2D eigenvalue weighted by Crippen LogP contribution is 2.31. The Morgan fingerprint density at radius 2 is 1.93 bits per heavy atom. The minimum atomic E-state index is -0.812. The molecule has 28 heavy (non-hydrogen) atoms. The number of para-hydroxylation sites is 1. The normalized spacial score (nSPS) is 24.2. The van der Waals surface area contributed by atoms with Crippen molar-refractivity contribution in [3.05, 3.63) is 42.0 Å². The van der Waals surface area contributed by atoms with E-state index in [1.54, 1.807) is 20.3 Å². The third kappa shape index (κ3) is 6.31. The van der Waals surface area contributed by atoms with Gasteiger partial charge in [0.05, 0.1) is 26.9 Å². The van der Waals surface area contributed by atoms with Crippen molar-refractivity contribution in [1.29, 1.82) is 0 Å². The Balaban J connectivity index is 1.96. The molecule has 0 N–H and O–H groups in total. The van der Waals surface area contributed by atoms with Gasteiger partial charge in [0.15, 0.2) is 5.79 Å². The molecule has 0 saturated carbocycles. The van der Waals surface area contributed by atoms with Gasteiger partial charge in [-0.25, -0.2) is 4.79 Å². The highest BCUT2D eigenvalue weighted by Gasteiger charge is 2.42. The lowest BCUT2D eigenvalue weighted by Crippen LogP contribution is -2.54. The number of esters is 1. The standard InChI is InChI=1S/C21H30O7/c1-21(2)27-17(10-11-19(22)24-4)20(25-5)18(28-21)12-13-26-14-15-8-6-7-9-16(15)23-3/h6-11,17-18,20H,12-14H2,1-5H3/b11-10+/t17-,18+,20+/m0/s1. The lowest BCUT2D eigenvalue weighted by atomic mass is 10.0. The average Bonchev–Trinajstić information content (AvgIpc) is 2.68. The van der Waals surface area contributed by atoms with Crippen molar-refractivity contribution in [2.75, 3.05) is 27.9 Å². The molecule has 0 spiro atoms. The molecule has 0 radical (unpaired) electrons. The van der Waals surface area contributed by atoms with E-state index in [0.29, 0.717) is 19.6 Å². The Labute approximate surface area is 166 Å². The highest BCUT2D eigenvalue weighted by molar-refractivity contribution is 5.81. The van der Waals surface area contributed by atoms with Gasteiger partial charge >= 0.3 is 5.97 Å². The van der Waals surface area contributed by atoms with Crippen LogP contribution in [0.4, 0.5) is 0 Å². The van der Waals surface area contributed by atoms with Crippen molar-refractivity contribution in [2.45, 2.75) is 51.0 Å². The van der Waals surface area contributed by atoms with Gasteiger partial charge in [-0.2, -0.15) is 0 Å². The molecule has 0 bridgehead atoms. The van der Waals surface area contributed by atoms with E-state index in [1.165, 1.54) is 13.2 Å². The van der Waals surface area contributed by atoms with Crippen LogP contribution >= 0.6 is 0 Å². The van der Waals surface area contributed by atoms with E-state index in [9.17, 15) is 4.79 Å². The number of carbonyl (C=O) groups is 1. The molecule has 0 unspecified atom stereocenters. The van der Waals surface area contributed by atoms with Crippen LogP contribution in [-0.2, 0) is 35.1 Å². The molecule has 7 nitrogen and oxygen atoms in total. The van der Waals surface area contributed by atoms with Gasteiger partial charge < -0.3 is 28.4 Å². The predicted molar refractivity (Wildman–Crippen MR) is 103 cm³/mol. The van der Waals surface area contributed by atoms with E-state index < -0.39 is 17.9 Å². The Morgan fingerprint density at radius 3 is 2.61 bits per heavy atom. The Morgan fingerprint density at radius 1 is 1.18 bits per heavy atom. The summed E-state index contributed by atoms with van der Waals surface area (Å²) in [5, 5.41) is 0. The molecule has 1 fully saturated rings. The van der Waals surface area contributed by atoms with Crippen LogP contribution in [0, 0.1) is 0 Å². The first-order valence-corrected chi connectivity index (χ1v) is 9.24. The zero-order chi connectivity index (χ0) is 20.6. The largest absolute Gasteiger partial charge is 0.496 e. The molecule has 1 aromatic carbocycles. The van der Waals surface area contributed by atoms with Crippen LogP contribution in [0.15, 0.2) is 36.4 Å². The number of benzene rings is 1. The smallest absolute Gasteiger partial charge is 0.330 e. The number of hydrogen-bond donors (Lipinski definition) is 0. The van der Waals surface area contributed by atoms with Crippen LogP contribution in [0.25, 0.3) is 0 Å². The summed E-state index contributed by atoms with van der Waals surface area (Å²) in [5.41, 5.74) is 0.986. The Hall–Kier alpha value is -1.93. The molecule has 1 aromatic rings. The minimum Gasteiger partial charge on any atom is -0.496 e. The molecule has 1 aliphatic heterocycles. The van der Waals surface area contributed by atoms with Gasteiger partial charge in [0.25, 0.3) is 0 Å². The number of ether oxygens (including phenoxy) is 6. The molecule has 1 saturated heterocycles. The van der Waals surface area contributed by atoms with E-state index >= 15 is 0 Å². The SMILES string of the molecule is COC(=O)/C=C/[C@@H]1OC(C)(C)O[C@H](CCOCc2ccccc2OC)[C@@H]1OC. The van der Waals surface area contributed by atoms with Crippen LogP contribution < -0.4 is 4.74 Å². The second kappa shape index (κ2) is 10.6. The number of rotatable bonds is 9. The molecule has 1 heterocycles. The van der Waals surface area contributed by atoms with Gasteiger partial charge in [0, 0.05) is 25.4 Å². The molecule has 7 heteroatoms. The monoisotopic (exact) mass is 394 g/mol. The van der Waals surface area contributed by atoms with Gasteiger partial charge in [-0.1, -0.05) is 18.2 Å². The van der Waals surface area contributed by atoms with Gasteiger partial charge in [-0.05, 0) is 32.4 Å². The van der Waals surface area contributed by atoms with E-state index in [1.807, 2.05) is 38.1 Å². The topological polar surface area (TPSA) is 72.5 Å². The minimum absolute atomic E-state index is 0.251. The second-order valence-electron chi connectivity index (χ2n) is 6.87. The Bertz CT molecular complexity index is 656. The van der Waals surface area contributed by atoms with E-state index in [-0.39, 0.29) is 12.2 Å². The fourth-order valence-electron chi connectivity index (χ4n) is 3.17. The summed E-state index contributed by atoms with van der Waals surface area (Å²) in [6.07, 6.45) is 2.54. The van der Waals surface area contributed by atoms with Crippen molar-refractivity contribution in [3.63, 3.8) is 0 Å². The fourth-order valence-corrected chi connectivity index (χ4v) is 3.17. The quantitative estimate of drug-likeness (QED) is 0.362. The lowest BCUT2D eigenvalue weighted by Gasteiger charge is -2.44. The first kappa shape index (κ1) is 22.4. The molecule has 2 rings (SSSR count). The molecule has 0 aliphatic carbocycles. The summed E-state index contributed by atoms with van der Waals surface area (Å²) in [4.78, 5) is 11.4. The number of hydrogen-bond acceptors (Lipinski definition) is 7. The van der Waals surface area contributed by atoms with Crippen LogP contribution in [-0.4, -0.2) is 58.0 Å². The third-order valence-corrected chi connectivity index (χ3v) is 4.44. The first-order valence-electron chi connectivity index (χ1n) is 9.24. The van der Waals surface area contributed by atoms with Gasteiger partial charge in [0.2, 0.25) is 0 Å². The fraction of sp³-hybridized carbons (Fsp3) is 0.571. The number of carbonyl (C=O) groups excluding carboxylic acids is 1. The molecular weight excluding hydrogens is 364 g/mol. The predicted octanol–water partition coefficient (Wildman–Crippen LogP) is 2.87. The van der Waals surface area contributed by atoms with E-state index in [4.69, 9.17) is 23.7 Å². The highest BCUT2D eigenvalue weighted by atomic mass is 16.7. The zero-order valence-corrected chi connectivity index (χ0v) is 17.2. The van der Waals surface area contributed by atoms with Crippen LogP contribution in [0.3, 0.4) is 0 Å². The Kier molecular flexibility index (Phi) is 8.44. The van der Waals surface area contributed by atoms with E-state index in [0.717, 1.165) is 11.3 Å². The maximum Gasteiger partial charge on any atom is 0.330 e. The average molecular weight is 394 g/mol. The van der Waals surface area contributed by atoms with Gasteiger partial charge in [0.1, 0.15) is 18.0 Å². The van der Waals surface area contributed by atoms with Crippen molar-refractivity contribution < 1.29 is 33.2 Å². The molecule has 1 aliphatic rings. The first-order chi connectivity index (χ1) is 13.4. The van der Waals surface area contributed by atoms with Crippen LogP contribution in [0.1, 0.15) is 25.8 Å². The van der Waals surface area contributed by atoms with Crippen molar-refractivity contribution in [3.8, 4) is 5.75 Å². The molecule has 156 valence electrons. The summed E-state index contributed by atoms with van der Waals surface area (Å²) < 4.78 is 33.4. The summed E-state index contributed by atoms with van der Waals surface area (Å²) in [5.74, 6) is -0.457. The molecule has 3 atom stereocenters. The van der Waals surface area contributed by atoms with E-state index in [2.05, 4.69) is 4.74 Å². The summed E-state index contributed by atoms with van der Waals surface area (Å²) in [6.45, 7) is 4.59. The van der Waals surface area contributed by atoms with Crippen molar-refractivity contribution in [2.24, 2.45) is 0 Å². The molecular formula is C21H30O7. The summed E-state index contributed by atoms with van der Waals surface area (Å²) in [7, 11) is 4.57. The third-order valence-electron chi connectivity index (χ3n) is 4.44. The van der Waals surface area contributed by atoms with Crippen LogP contribution in [0.2, 0.25) is 0 Å².